The highest BCUT2D eigenvalue weighted by Gasteiger charge is 2.31. The highest BCUT2D eigenvalue weighted by molar-refractivity contribution is 7.90. The fraction of sp³-hybridized carbons (Fsp3) is 0.257. The fourth-order valence-electron chi connectivity index (χ4n) is 5.71. The van der Waals surface area contributed by atoms with E-state index in [-0.39, 0.29) is 50.3 Å². The molecule has 0 radical (unpaired) electrons. The maximum absolute atomic E-state index is 12.7. The summed E-state index contributed by atoms with van der Waals surface area (Å²) in [6.45, 7) is 0. The lowest BCUT2D eigenvalue weighted by Gasteiger charge is -2.16. The first-order chi connectivity index (χ1) is 23.1. The lowest BCUT2D eigenvalue weighted by Crippen LogP contribution is -2.27. The second kappa shape index (κ2) is 17.1. The minimum Gasteiger partial charge on any atom is -0.478 e. The van der Waals surface area contributed by atoms with Gasteiger partial charge in [0.2, 0.25) is 20.0 Å². The summed E-state index contributed by atoms with van der Waals surface area (Å²) in [7, 11) is -6.44. The third-order valence-corrected chi connectivity index (χ3v) is 13.0. The normalized spacial score (nSPS) is 16.0. The Labute approximate surface area is 318 Å². The van der Waals surface area contributed by atoms with Crippen molar-refractivity contribution in [2.75, 3.05) is 7.11 Å². The van der Waals surface area contributed by atoms with Gasteiger partial charge in [0.15, 0.2) is 0 Å². The topological polar surface area (TPSA) is 156 Å². The number of carbonyl (C=O) groups is 2. The maximum Gasteiger partial charge on any atom is 0.337 e. The van der Waals surface area contributed by atoms with Gasteiger partial charge in [-0.2, -0.15) is 0 Å². The number of hydrogen-bond acceptors (Lipinski definition) is 7. The summed E-state index contributed by atoms with van der Waals surface area (Å²) in [6, 6.07) is 17.8. The van der Waals surface area contributed by atoms with E-state index in [4.69, 9.17) is 56.2 Å². The van der Waals surface area contributed by atoms with Crippen LogP contribution in [-0.4, -0.2) is 41.0 Å². The fourth-order valence-corrected chi connectivity index (χ4v) is 9.73. The number of rotatable bonds is 8. The molecule has 6 rings (SSSR count). The number of carboxylic acids is 1. The molecular formula is C35H36Cl4N2O8S2. The molecule has 4 aromatic carbocycles. The van der Waals surface area contributed by atoms with Gasteiger partial charge in [0.25, 0.3) is 0 Å². The predicted molar refractivity (Wildman–Crippen MR) is 200 cm³/mol. The smallest absolute Gasteiger partial charge is 0.337 e. The molecule has 2 aliphatic rings. The van der Waals surface area contributed by atoms with Gasteiger partial charge in [0.1, 0.15) is 9.79 Å². The van der Waals surface area contributed by atoms with E-state index in [9.17, 15) is 26.4 Å². The highest BCUT2D eigenvalue weighted by atomic mass is 35.5. The summed E-state index contributed by atoms with van der Waals surface area (Å²) >= 11 is 23.8. The van der Waals surface area contributed by atoms with Crippen LogP contribution in [0.5, 0.6) is 0 Å². The first-order valence-corrected chi connectivity index (χ1v) is 19.1. The van der Waals surface area contributed by atoms with Crippen molar-refractivity contribution in [2.45, 2.75) is 62.4 Å². The van der Waals surface area contributed by atoms with Gasteiger partial charge in [-0.25, -0.2) is 35.9 Å². The number of sulfonamides is 2. The molecular weight excluding hydrogens is 782 g/mol. The Morgan fingerprint density at radius 1 is 0.686 bits per heavy atom. The molecule has 0 amide bonds. The molecule has 2 atom stereocenters. The van der Waals surface area contributed by atoms with Crippen molar-refractivity contribution >= 4 is 78.4 Å². The van der Waals surface area contributed by atoms with Crippen LogP contribution in [0.1, 0.15) is 82.7 Å². The molecule has 0 saturated heterocycles. The molecule has 0 bridgehead atoms. The molecule has 0 aromatic heterocycles. The van der Waals surface area contributed by atoms with Crippen LogP contribution in [0.4, 0.5) is 0 Å². The van der Waals surface area contributed by atoms with Gasteiger partial charge >= 0.3 is 11.9 Å². The van der Waals surface area contributed by atoms with Gasteiger partial charge in [-0.1, -0.05) is 85.5 Å². The first-order valence-electron chi connectivity index (χ1n) is 14.6. The number of hydrogen-bond donors (Lipinski definition) is 3. The molecule has 0 aliphatic heterocycles. The molecule has 0 saturated carbocycles. The lowest BCUT2D eigenvalue weighted by molar-refractivity contribution is 0.0599. The number of fused-ring (bicyclic) bond motifs is 2. The average Bonchev–Trinajstić information content (AvgIpc) is 3.65. The average molecular weight is 819 g/mol. The van der Waals surface area contributed by atoms with Gasteiger partial charge in [-0.3, -0.25) is 0 Å². The van der Waals surface area contributed by atoms with E-state index in [0.717, 1.165) is 16.7 Å². The maximum atomic E-state index is 12.7. The van der Waals surface area contributed by atoms with Gasteiger partial charge < -0.3 is 9.84 Å². The van der Waals surface area contributed by atoms with Crippen LogP contribution >= 0.6 is 46.4 Å². The van der Waals surface area contributed by atoms with Crippen molar-refractivity contribution in [1.82, 2.24) is 9.44 Å². The number of methoxy groups -OCH3 is 1. The number of nitrogens with one attached hydrogen (secondary N) is 2. The van der Waals surface area contributed by atoms with Gasteiger partial charge in [-0.15, -0.1) is 0 Å². The molecule has 0 heterocycles. The van der Waals surface area contributed by atoms with Crippen molar-refractivity contribution < 1.29 is 36.3 Å². The Bertz CT molecular complexity index is 2180. The molecule has 16 heteroatoms. The van der Waals surface area contributed by atoms with Crippen LogP contribution in [0.25, 0.3) is 0 Å². The van der Waals surface area contributed by atoms with E-state index in [1.807, 2.05) is 6.07 Å². The van der Waals surface area contributed by atoms with Gasteiger partial charge in [0, 0.05) is 12.1 Å². The lowest BCUT2D eigenvalue weighted by atomic mass is 10.0. The first kappa shape index (κ1) is 42.2. The number of carbonyl (C=O) groups excluding carboxylic acids is 1. The number of aromatic carboxylic acids is 1. The van der Waals surface area contributed by atoms with E-state index < -0.39 is 44.1 Å². The van der Waals surface area contributed by atoms with Crippen LogP contribution in [-0.2, 0) is 37.6 Å². The van der Waals surface area contributed by atoms with Crippen molar-refractivity contribution in [3.8, 4) is 0 Å². The van der Waals surface area contributed by atoms with E-state index in [2.05, 4.69) is 9.44 Å². The predicted octanol–water partition coefficient (Wildman–Crippen LogP) is 8.68. The minimum absolute atomic E-state index is 0. The molecule has 0 unspecified atom stereocenters. The number of benzene rings is 4. The van der Waals surface area contributed by atoms with Crippen molar-refractivity contribution in [3.63, 3.8) is 0 Å². The minimum atomic E-state index is -3.89. The van der Waals surface area contributed by atoms with Crippen molar-refractivity contribution in [2.24, 2.45) is 0 Å². The molecule has 4 aromatic rings. The summed E-state index contributed by atoms with van der Waals surface area (Å²) < 4.78 is 60.6. The quantitative estimate of drug-likeness (QED) is 0.149. The Balaban J connectivity index is 0.000000265. The molecule has 10 nitrogen and oxygen atoms in total. The molecule has 274 valence electrons. The van der Waals surface area contributed by atoms with Crippen LogP contribution in [0, 0.1) is 0 Å². The van der Waals surface area contributed by atoms with Crippen molar-refractivity contribution in [3.05, 3.63) is 126 Å². The number of ether oxygens (including phenoxy) is 1. The van der Waals surface area contributed by atoms with E-state index in [0.29, 0.717) is 36.8 Å². The van der Waals surface area contributed by atoms with Crippen LogP contribution < -0.4 is 9.44 Å². The van der Waals surface area contributed by atoms with Crippen LogP contribution in [0.3, 0.4) is 0 Å². The molecule has 3 N–H and O–H groups in total. The second-order valence-corrected chi connectivity index (χ2v) is 16.1. The highest BCUT2D eigenvalue weighted by Crippen LogP contribution is 2.37. The number of halogens is 4. The Morgan fingerprint density at radius 2 is 1.10 bits per heavy atom. The number of aryl methyl sites for hydroxylation is 2. The standard InChI is InChI=1S/C17H15Cl2NO4S.C16H13Cl2NO4S.2CH4/c1-24-17(21)11-6-5-10-7-8-14(12(10)9-11)20-25(22,23)15-4-2-3-13(18)16(15)19;17-12-2-1-3-14(15(12)18)24(22,23)19-13-7-6-9-4-5-10(16(20)21)8-11(9)13;;/h2-6,9,14,20H,7-8H2,1H3;1-5,8,13,19H,6-7H2,(H,20,21);2*1H4/t14-;13-;;/m11../s1. The van der Waals surface area contributed by atoms with E-state index >= 15 is 0 Å². The summed E-state index contributed by atoms with van der Waals surface area (Å²) in [5.41, 5.74) is 3.89. The third kappa shape index (κ3) is 9.24. The Kier molecular flexibility index (Phi) is 14.1. The zero-order valence-corrected chi connectivity index (χ0v) is 30.2. The van der Waals surface area contributed by atoms with Crippen LogP contribution in [0.15, 0.2) is 82.6 Å². The monoisotopic (exact) mass is 816 g/mol. The van der Waals surface area contributed by atoms with E-state index in [1.54, 1.807) is 18.2 Å². The zero-order chi connectivity index (χ0) is 35.7. The number of esters is 1. The van der Waals surface area contributed by atoms with Crippen LogP contribution in [0.2, 0.25) is 20.1 Å². The van der Waals surface area contributed by atoms with Gasteiger partial charge in [-0.05, 0) is 96.5 Å². The van der Waals surface area contributed by atoms with Crippen molar-refractivity contribution in [1.29, 1.82) is 0 Å². The summed E-state index contributed by atoms with van der Waals surface area (Å²) in [5, 5.41) is 9.38. The molecule has 0 spiro atoms. The number of carboxylic acid groups (broad SMARTS) is 1. The summed E-state index contributed by atoms with van der Waals surface area (Å²) in [6.07, 6.45) is 2.53. The largest absolute Gasteiger partial charge is 0.478 e. The van der Waals surface area contributed by atoms with E-state index in [1.165, 1.54) is 55.6 Å². The molecule has 51 heavy (non-hydrogen) atoms. The SMILES string of the molecule is C.C.COC(=O)c1ccc2c(c1)[C@H](NS(=O)(=O)c1cccc(Cl)c1Cl)CC2.O=C(O)c1ccc2c(c1)[C@H](NS(=O)(=O)c1cccc(Cl)c1Cl)CC2. The second-order valence-electron chi connectivity index (χ2n) is 11.2. The zero-order valence-electron chi connectivity index (χ0n) is 25.5. The molecule has 2 aliphatic carbocycles. The molecule has 0 fully saturated rings. The summed E-state index contributed by atoms with van der Waals surface area (Å²) in [4.78, 5) is 22.7. The Morgan fingerprint density at radius 3 is 1.51 bits per heavy atom. The van der Waals surface area contributed by atoms with Gasteiger partial charge in [0.05, 0.1) is 38.3 Å². The summed E-state index contributed by atoms with van der Waals surface area (Å²) in [5.74, 6) is -1.52. The Hall–Kier alpha value is -3.20. The third-order valence-electron chi connectivity index (χ3n) is 8.12.